The van der Waals surface area contributed by atoms with E-state index in [1.54, 1.807) is 0 Å². The Hall–Kier alpha value is -2.69. The Morgan fingerprint density at radius 2 is 1.49 bits per heavy atom. The molecule has 0 spiro atoms. The number of nitrogens with zero attached hydrogens (tertiary/aromatic N) is 1. The molecule has 2 aromatic carbocycles. The fourth-order valence-electron chi connectivity index (χ4n) is 4.24. The van der Waals surface area contributed by atoms with Crippen LogP contribution >= 0.6 is 0 Å². The van der Waals surface area contributed by atoms with E-state index in [1.807, 2.05) is 4.90 Å². The van der Waals surface area contributed by atoms with E-state index < -0.39 is 41.4 Å². The normalized spacial score (nSPS) is 20.0. The topological polar surface area (TPSA) is 29.5 Å². The van der Waals surface area contributed by atoms with Crippen molar-refractivity contribution < 1.29 is 44.7 Å². The number of esters is 1. The van der Waals surface area contributed by atoms with Gasteiger partial charge in [0, 0.05) is 24.6 Å². The highest BCUT2D eigenvalue weighted by atomic mass is 19.4. The molecule has 2 aromatic rings. The van der Waals surface area contributed by atoms with Crippen LogP contribution < -0.4 is 0 Å². The van der Waals surface area contributed by atoms with Gasteiger partial charge in [0.25, 0.3) is 0 Å². The average molecular weight is 509 g/mol. The maximum atomic E-state index is 13.6. The summed E-state index contributed by atoms with van der Waals surface area (Å²) in [5, 5.41) is 0. The molecule has 0 aliphatic carbocycles. The van der Waals surface area contributed by atoms with E-state index in [1.165, 1.54) is 31.4 Å². The summed E-state index contributed by atoms with van der Waals surface area (Å²) < 4.78 is 109. The molecule has 0 saturated carbocycles. The van der Waals surface area contributed by atoms with Gasteiger partial charge in [-0.25, -0.2) is 0 Å². The first-order valence-electron chi connectivity index (χ1n) is 10.7. The van der Waals surface area contributed by atoms with Crippen LogP contribution in [0.4, 0.5) is 35.1 Å². The number of halogens is 8. The van der Waals surface area contributed by atoms with Gasteiger partial charge in [-0.1, -0.05) is 36.4 Å². The van der Waals surface area contributed by atoms with Crippen molar-refractivity contribution in [1.29, 1.82) is 0 Å². The van der Waals surface area contributed by atoms with Gasteiger partial charge in [-0.15, -0.1) is 0 Å². The largest absolute Gasteiger partial charge is 0.469 e. The molecule has 1 aliphatic heterocycles. The van der Waals surface area contributed by atoms with Crippen LogP contribution in [0.5, 0.6) is 0 Å². The Morgan fingerprint density at radius 3 is 2.00 bits per heavy atom. The fourth-order valence-corrected chi connectivity index (χ4v) is 4.24. The van der Waals surface area contributed by atoms with Crippen molar-refractivity contribution in [3.8, 4) is 0 Å². The summed E-state index contributed by atoms with van der Waals surface area (Å²) in [6.07, 6.45) is -9.06. The standard InChI is InChI=1S/C24H23F8NO2/c1-35-21(34)13-16-10-11-33(20(12-16)17-4-8-19(9-5-17)23(27,28)29)14-15-2-6-18(7-3-15)22(25,26)24(30,31)32/h2-9,16,20H,10-14H2,1H3. The van der Waals surface area contributed by atoms with E-state index in [4.69, 9.17) is 4.74 Å². The van der Waals surface area contributed by atoms with Crippen LogP contribution in [0, 0.1) is 5.92 Å². The number of ether oxygens (including phenoxy) is 1. The Kier molecular flexibility index (Phi) is 7.78. The van der Waals surface area contributed by atoms with Crippen LogP contribution in [0.1, 0.15) is 47.6 Å². The number of hydrogen-bond donors (Lipinski definition) is 0. The van der Waals surface area contributed by atoms with E-state index in [-0.39, 0.29) is 18.9 Å². The molecule has 0 radical (unpaired) electrons. The van der Waals surface area contributed by atoms with Crippen molar-refractivity contribution in [2.75, 3.05) is 13.7 Å². The number of carbonyl (C=O) groups is 1. The molecule has 0 aromatic heterocycles. The molecule has 1 saturated heterocycles. The molecule has 3 rings (SSSR count). The third-order valence-corrected chi connectivity index (χ3v) is 6.19. The van der Waals surface area contributed by atoms with Gasteiger partial charge < -0.3 is 4.74 Å². The van der Waals surface area contributed by atoms with E-state index in [9.17, 15) is 39.9 Å². The number of methoxy groups -OCH3 is 1. The molecule has 0 amide bonds. The lowest BCUT2D eigenvalue weighted by atomic mass is 9.84. The molecular formula is C24H23F8NO2. The van der Waals surface area contributed by atoms with E-state index >= 15 is 0 Å². The lowest BCUT2D eigenvalue weighted by Gasteiger charge is -2.40. The van der Waals surface area contributed by atoms with Crippen molar-refractivity contribution in [2.45, 2.75) is 50.1 Å². The lowest BCUT2D eigenvalue weighted by molar-refractivity contribution is -0.289. The van der Waals surface area contributed by atoms with Gasteiger partial charge >= 0.3 is 24.2 Å². The SMILES string of the molecule is COC(=O)CC1CCN(Cc2ccc(C(F)(F)C(F)(F)F)cc2)C(c2ccc(C(F)(F)F)cc2)C1. The molecule has 2 atom stereocenters. The Labute approximate surface area is 196 Å². The highest BCUT2D eigenvalue weighted by Gasteiger charge is 2.58. The highest BCUT2D eigenvalue weighted by molar-refractivity contribution is 5.69. The number of hydrogen-bond acceptors (Lipinski definition) is 3. The summed E-state index contributed by atoms with van der Waals surface area (Å²) in [5.41, 5.74) is -0.941. The Balaban J connectivity index is 1.83. The van der Waals surface area contributed by atoms with Crippen LogP contribution in [0.25, 0.3) is 0 Å². The molecular weight excluding hydrogens is 486 g/mol. The second-order valence-corrected chi connectivity index (χ2v) is 8.55. The van der Waals surface area contributed by atoms with E-state index in [0.717, 1.165) is 24.3 Å². The monoisotopic (exact) mass is 509 g/mol. The van der Waals surface area contributed by atoms with Gasteiger partial charge in [0.1, 0.15) is 0 Å². The summed E-state index contributed by atoms with van der Waals surface area (Å²) in [4.78, 5) is 13.6. The van der Waals surface area contributed by atoms with Crippen LogP contribution in [-0.4, -0.2) is 30.7 Å². The molecule has 0 bridgehead atoms. The first kappa shape index (κ1) is 26.9. The predicted octanol–water partition coefficient (Wildman–Crippen LogP) is 6.88. The average Bonchev–Trinajstić information content (AvgIpc) is 2.79. The minimum absolute atomic E-state index is 0.0844. The number of alkyl halides is 8. The van der Waals surface area contributed by atoms with Crippen LogP contribution in [0.2, 0.25) is 0 Å². The zero-order valence-corrected chi connectivity index (χ0v) is 18.6. The van der Waals surface area contributed by atoms with Crippen LogP contribution in [-0.2, 0) is 28.2 Å². The molecule has 3 nitrogen and oxygen atoms in total. The van der Waals surface area contributed by atoms with Crippen molar-refractivity contribution in [3.05, 3.63) is 70.8 Å². The van der Waals surface area contributed by atoms with Crippen molar-refractivity contribution in [1.82, 2.24) is 4.90 Å². The number of rotatable bonds is 6. The maximum Gasteiger partial charge on any atom is 0.458 e. The zero-order valence-electron chi connectivity index (χ0n) is 18.6. The van der Waals surface area contributed by atoms with Gasteiger partial charge in [0.05, 0.1) is 12.7 Å². The first-order chi connectivity index (χ1) is 16.2. The molecule has 1 fully saturated rings. The van der Waals surface area contributed by atoms with E-state index in [0.29, 0.717) is 30.5 Å². The Morgan fingerprint density at radius 1 is 0.914 bits per heavy atom. The summed E-state index contributed by atoms with van der Waals surface area (Å²) in [5.74, 6) is -5.48. The lowest BCUT2D eigenvalue weighted by Crippen LogP contribution is -2.37. The molecule has 2 unspecified atom stereocenters. The van der Waals surface area contributed by atoms with Gasteiger partial charge in [0.2, 0.25) is 0 Å². The quantitative estimate of drug-likeness (QED) is 0.314. The molecule has 0 N–H and O–H groups in total. The minimum Gasteiger partial charge on any atom is -0.469 e. The molecule has 35 heavy (non-hydrogen) atoms. The van der Waals surface area contributed by atoms with Crippen LogP contribution in [0.3, 0.4) is 0 Å². The van der Waals surface area contributed by atoms with Crippen molar-refractivity contribution in [3.63, 3.8) is 0 Å². The number of piperidine rings is 1. The van der Waals surface area contributed by atoms with Gasteiger partial charge in [0.15, 0.2) is 0 Å². The highest BCUT2D eigenvalue weighted by Crippen LogP contribution is 2.44. The molecule has 1 heterocycles. The second-order valence-electron chi connectivity index (χ2n) is 8.55. The number of benzene rings is 2. The maximum absolute atomic E-state index is 13.6. The zero-order chi connectivity index (χ0) is 26.0. The molecule has 192 valence electrons. The van der Waals surface area contributed by atoms with Crippen molar-refractivity contribution >= 4 is 5.97 Å². The summed E-state index contributed by atoms with van der Waals surface area (Å²) >= 11 is 0. The fraction of sp³-hybridized carbons (Fsp3) is 0.458. The first-order valence-corrected chi connectivity index (χ1v) is 10.7. The third-order valence-electron chi connectivity index (χ3n) is 6.19. The number of carbonyl (C=O) groups excluding carboxylic acids is 1. The number of likely N-dealkylation sites (tertiary alicyclic amines) is 1. The summed E-state index contributed by atoms with van der Waals surface area (Å²) in [6.45, 7) is 0.613. The van der Waals surface area contributed by atoms with Gasteiger partial charge in [-0.05, 0) is 48.6 Å². The Bertz CT molecular complexity index is 1000. The van der Waals surface area contributed by atoms with Crippen molar-refractivity contribution in [2.24, 2.45) is 5.92 Å². The van der Waals surface area contributed by atoms with E-state index in [2.05, 4.69) is 0 Å². The predicted molar refractivity (Wildman–Crippen MR) is 110 cm³/mol. The molecule has 11 heteroatoms. The van der Waals surface area contributed by atoms with Gasteiger partial charge in [-0.3, -0.25) is 9.69 Å². The molecule has 1 aliphatic rings. The van der Waals surface area contributed by atoms with Crippen LogP contribution in [0.15, 0.2) is 48.5 Å². The minimum atomic E-state index is -5.72. The van der Waals surface area contributed by atoms with Gasteiger partial charge in [-0.2, -0.15) is 35.1 Å². The second kappa shape index (κ2) is 10.1. The third kappa shape index (κ3) is 6.31. The summed E-state index contributed by atoms with van der Waals surface area (Å²) in [6, 6.07) is 8.05. The summed E-state index contributed by atoms with van der Waals surface area (Å²) in [7, 11) is 1.26. The smallest absolute Gasteiger partial charge is 0.458 e.